The third-order valence-corrected chi connectivity index (χ3v) is 3.85. The predicted octanol–water partition coefficient (Wildman–Crippen LogP) is 3.23. The van der Waals surface area contributed by atoms with Crippen LogP contribution < -0.4 is 0 Å². The van der Waals surface area contributed by atoms with Gasteiger partial charge in [-0.3, -0.25) is 9.48 Å². The normalized spacial score (nSPS) is 11.1. The molecule has 1 heterocycles. The maximum atomic E-state index is 14.1. The number of halogens is 3. The lowest BCUT2D eigenvalue weighted by atomic mass is 10.1. The lowest BCUT2D eigenvalue weighted by Crippen LogP contribution is -2.22. The van der Waals surface area contributed by atoms with Gasteiger partial charge in [0, 0.05) is 6.54 Å². The summed E-state index contributed by atoms with van der Waals surface area (Å²) in [4.78, 5) is 14.5. The molecule has 0 atom stereocenters. The maximum Gasteiger partial charge on any atom is 0.215 e. The first-order chi connectivity index (χ1) is 9.91. The molecule has 0 spiro atoms. The van der Waals surface area contributed by atoms with Crippen LogP contribution >= 0.6 is 27.5 Å². The molecule has 0 aliphatic heterocycles. The molecule has 0 fully saturated rings. The highest BCUT2D eigenvalue weighted by Gasteiger charge is 2.22. The van der Waals surface area contributed by atoms with Crippen molar-refractivity contribution < 1.29 is 9.18 Å². The van der Waals surface area contributed by atoms with Crippen LogP contribution in [0.3, 0.4) is 0 Å². The van der Waals surface area contributed by atoms with E-state index in [0.29, 0.717) is 13.1 Å². The van der Waals surface area contributed by atoms with Crippen LogP contribution in [0.2, 0.25) is 5.02 Å². The molecule has 2 aromatic rings. The number of benzene rings is 1. The van der Waals surface area contributed by atoms with Crippen LogP contribution in [0.1, 0.15) is 16.1 Å². The smallest absolute Gasteiger partial charge is 0.215 e. The van der Waals surface area contributed by atoms with Crippen LogP contribution in [0.5, 0.6) is 0 Å². The summed E-state index contributed by atoms with van der Waals surface area (Å²) in [6.45, 7) is 1.19. The summed E-state index contributed by atoms with van der Waals surface area (Å²) in [6.07, 6.45) is 1.40. The number of hydrogen-bond donors (Lipinski definition) is 0. The number of ketones is 1. The number of carbonyl (C=O) groups is 1. The second kappa shape index (κ2) is 6.68. The van der Waals surface area contributed by atoms with Crippen molar-refractivity contribution in [2.24, 2.45) is 0 Å². The SMILES string of the molecule is CN(C)CCn1ncc(Cl)c1C(=O)c1cccc(Br)c1F. The average Bonchev–Trinajstić information content (AvgIpc) is 2.80. The molecule has 21 heavy (non-hydrogen) atoms. The fraction of sp³-hybridized carbons (Fsp3) is 0.286. The number of carbonyl (C=O) groups excluding carboxylic acids is 1. The Labute approximate surface area is 135 Å². The molecule has 1 aromatic carbocycles. The number of aromatic nitrogens is 2. The molecule has 1 aromatic heterocycles. The highest BCUT2D eigenvalue weighted by Crippen LogP contribution is 2.24. The van der Waals surface area contributed by atoms with Gasteiger partial charge in [-0.2, -0.15) is 5.10 Å². The quantitative estimate of drug-likeness (QED) is 0.754. The minimum absolute atomic E-state index is 0.0297. The molecule has 0 unspecified atom stereocenters. The van der Waals surface area contributed by atoms with Gasteiger partial charge in [0.05, 0.1) is 27.8 Å². The summed E-state index contributed by atoms with van der Waals surface area (Å²) in [5.41, 5.74) is 0.174. The lowest BCUT2D eigenvalue weighted by molar-refractivity contribution is 0.102. The molecule has 0 saturated heterocycles. The van der Waals surface area contributed by atoms with E-state index in [4.69, 9.17) is 11.6 Å². The fourth-order valence-corrected chi connectivity index (χ4v) is 2.45. The van der Waals surface area contributed by atoms with Crippen molar-refractivity contribution in [1.29, 1.82) is 0 Å². The Bertz CT molecular complexity index is 672. The van der Waals surface area contributed by atoms with Crippen LogP contribution in [0.4, 0.5) is 4.39 Å². The van der Waals surface area contributed by atoms with Crippen molar-refractivity contribution in [3.8, 4) is 0 Å². The molecular formula is C14H14BrClFN3O. The van der Waals surface area contributed by atoms with Gasteiger partial charge in [-0.1, -0.05) is 17.7 Å². The molecule has 0 bridgehead atoms. The molecule has 0 aliphatic carbocycles. The van der Waals surface area contributed by atoms with E-state index < -0.39 is 11.6 Å². The Morgan fingerprint density at radius 1 is 1.48 bits per heavy atom. The van der Waals surface area contributed by atoms with Crippen molar-refractivity contribution in [1.82, 2.24) is 14.7 Å². The summed E-state index contributed by atoms with van der Waals surface area (Å²) in [5.74, 6) is -1.08. The summed E-state index contributed by atoms with van der Waals surface area (Å²) in [7, 11) is 3.83. The van der Waals surface area contributed by atoms with Crippen LogP contribution in [-0.4, -0.2) is 41.1 Å². The van der Waals surface area contributed by atoms with Crippen LogP contribution in [0.15, 0.2) is 28.9 Å². The topological polar surface area (TPSA) is 38.1 Å². The molecule has 0 N–H and O–H groups in total. The summed E-state index contributed by atoms with van der Waals surface area (Å²) in [6, 6.07) is 4.58. The summed E-state index contributed by atoms with van der Waals surface area (Å²) in [5, 5.41) is 4.31. The fourth-order valence-electron chi connectivity index (χ4n) is 1.86. The zero-order valence-electron chi connectivity index (χ0n) is 11.6. The summed E-state index contributed by atoms with van der Waals surface area (Å²) >= 11 is 9.12. The molecule has 0 amide bonds. The van der Waals surface area contributed by atoms with Gasteiger partial charge in [0.2, 0.25) is 5.78 Å². The molecular weight excluding hydrogens is 361 g/mol. The van der Waals surface area contributed by atoms with Gasteiger partial charge in [-0.15, -0.1) is 0 Å². The first-order valence-corrected chi connectivity index (χ1v) is 7.43. The zero-order chi connectivity index (χ0) is 15.6. The number of hydrogen-bond acceptors (Lipinski definition) is 3. The van der Waals surface area contributed by atoms with Crippen molar-refractivity contribution in [2.75, 3.05) is 20.6 Å². The molecule has 2 rings (SSSR count). The van der Waals surface area contributed by atoms with E-state index in [1.54, 1.807) is 6.07 Å². The molecule has 4 nitrogen and oxygen atoms in total. The molecule has 0 aliphatic rings. The highest BCUT2D eigenvalue weighted by atomic mass is 79.9. The van der Waals surface area contributed by atoms with Crippen LogP contribution in [0, 0.1) is 5.82 Å². The van der Waals surface area contributed by atoms with Crippen molar-refractivity contribution in [2.45, 2.75) is 6.54 Å². The Hall–Kier alpha value is -1.24. The van der Waals surface area contributed by atoms with Gasteiger partial charge in [0.1, 0.15) is 11.5 Å². The van der Waals surface area contributed by atoms with E-state index in [2.05, 4.69) is 21.0 Å². The molecule has 7 heteroatoms. The first kappa shape index (κ1) is 16.1. The van der Waals surface area contributed by atoms with E-state index in [1.807, 2.05) is 19.0 Å². The Balaban J connectivity index is 2.39. The standard InChI is InChI=1S/C14H14BrClFN3O/c1-19(2)6-7-20-13(11(16)8-18-20)14(21)9-4-3-5-10(15)12(9)17/h3-5,8H,6-7H2,1-2H3. The van der Waals surface area contributed by atoms with E-state index in [1.165, 1.54) is 23.0 Å². The second-order valence-corrected chi connectivity index (χ2v) is 6.06. The van der Waals surface area contributed by atoms with Gasteiger partial charge in [0.25, 0.3) is 0 Å². The van der Waals surface area contributed by atoms with Gasteiger partial charge in [-0.05, 0) is 42.2 Å². The summed E-state index contributed by atoms with van der Waals surface area (Å²) < 4.78 is 15.8. The number of nitrogens with zero attached hydrogens (tertiary/aromatic N) is 3. The van der Waals surface area contributed by atoms with Gasteiger partial charge >= 0.3 is 0 Å². The van der Waals surface area contributed by atoms with E-state index in [-0.39, 0.29) is 20.8 Å². The van der Waals surface area contributed by atoms with Crippen LogP contribution in [0.25, 0.3) is 0 Å². The Morgan fingerprint density at radius 3 is 2.86 bits per heavy atom. The third-order valence-electron chi connectivity index (χ3n) is 2.97. The Kier molecular flexibility index (Phi) is 5.13. The molecule has 0 saturated carbocycles. The molecule has 0 radical (unpaired) electrons. The van der Waals surface area contributed by atoms with Crippen molar-refractivity contribution in [3.05, 3.63) is 51.0 Å². The van der Waals surface area contributed by atoms with Crippen molar-refractivity contribution >= 4 is 33.3 Å². The van der Waals surface area contributed by atoms with Gasteiger partial charge in [0.15, 0.2) is 0 Å². The van der Waals surface area contributed by atoms with Crippen LogP contribution in [-0.2, 0) is 6.54 Å². The lowest BCUT2D eigenvalue weighted by Gasteiger charge is -2.12. The third kappa shape index (κ3) is 3.51. The first-order valence-electron chi connectivity index (χ1n) is 6.26. The molecule has 112 valence electrons. The number of likely N-dealkylation sites (N-methyl/N-ethyl adjacent to an activating group) is 1. The minimum Gasteiger partial charge on any atom is -0.308 e. The minimum atomic E-state index is -0.598. The van der Waals surface area contributed by atoms with E-state index in [9.17, 15) is 9.18 Å². The van der Waals surface area contributed by atoms with Gasteiger partial charge < -0.3 is 4.90 Å². The average molecular weight is 375 g/mol. The highest BCUT2D eigenvalue weighted by molar-refractivity contribution is 9.10. The predicted molar refractivity (Wildman–Crippen MR) is 83.3 cm³/mol. The second-order valence-electron chi connectivity index (χ2n) is 4.80. The van der Waals surface area contributed by atoms with Gasteiger partial charge in [-0.25, -0.2) is 4.39 Å². The monoisotopic (exact) mass is 373 g/mol. The zero-order valence-corrected chi connectivity index (χ0v) is 13.9. The van der Waals surface area contributed by atoms with Crippen molar-refractivity contribution in [3.63, 3.8) is 0 Å². The number of rotatable bonds is 5. The largest absolute Gasteiger partial charge is 0.308 e. The Morgan fingerprint density at radius 2 is 2.19 bits per heavy atom. The van der Waals surface area contributed by atoms with E-state index >= 15 is 0 Å². The maximum absolute atomic E-state index is 14.1. The van der Waals surface area contributed by atoms with E-state index in [0.717, 1.165) is 0 Å².